The van der Waals surface area contributed by atoms with Gasteiger partial charge in [-0.15, -0.1) is 10.2 Å². The third kappa shape index (κ3) is 3.26. The highest BCUT2D eigenvalue weighted by molar-refractivity contribution is 4.97. The van der Waals surface area contributed by atoms with Crippen LogP contribution >= 0.6 is 0 Å². The third-order valence-electron chi connectivity index (χ3n) is 3.09. The van der Waals surface area contributed by atoms with Crippen molar-refractivity contribution in [1.29, 1.82) is 0 Å². The maximum atomic E-state index is 5.68. The molecule has 0 amide bonds. The molecule has 0 saturated carbocycles. The lowest BCUT2D eigenvalue weighted by molar-refractivity contribution is -0.0245. The first-order valence-electron chi connectivity index (χ1n) is 6.19. The molecular weight excluding hydrogens is 218 g/mol. The summed E-state index contributed by atoms with van der Waals surface area (Å²) < 4.78 is 11.1. The summed E-state index contributed by atoms with van der Waals surface area (Å²) in [5, 5.41) is 11.5. The van der Waals surface area contributed by atoms with Gasteiger partial charge in [-0.05, 0) is 33.2 Å². The zero-order chi connectivity index (χ0) is 12.9. The van der Waals surface area contributed by atoms with E-state index in [1.54, 1.807) is 7.11 Å². The maximum absolute atomic E-state index is 5.68. The standard InChI is InChI=1S/C12H23N3O2/c1-6-8-13-9(3)10-14-15-11(17-10)12(4,7-2)16-5/h9,13H,6-8H2,1-5H3. The van der Waals surface area contributed by atoms with Crippen LogP contribution in [-0.4, -0.2) is 23.9 Å². The van der Waals surface area contributed by atoms with Gasteiger partial charge in [0.15, 0.2) is 0 Å². The number of nitrogens with zero attached hydrogens (tertiary/aromatic N) is 2. The quantitative estimate of drug-likeness (QED) is 0.794. The average molecular weight is 241 g/mol. The van der Waals surface area contributed by atoms with Crippen molar-refractivity contribution in [2.75, 3.05) is 13.7 Å². The molecule has 5 nitrogen and oxygen atoms in total. The van der Waals surface area contributed by atoms with E-state index in [-0.39, 0.29) is 6.04 Å². The Morgan fingerprint density at radius 2 is 2.12 bits per heavy atom. The molecule has 0 aliphatic heterocycles. The first kappa shape index (κ1) is 14.1. The van der Waals surface area contributed by atoms with E-state index in [1.165, 1.54) is 0 Å². The van der Waals surface area contributed by atoms with E-state index in [1.807, 2.05) is 20.8 Å². The average Bonchev–Trinajstić information content (AvgIpc) is 2.85. The van der Waals surface area contributed by atoms with Crippen molar-refractivity contribution >= 4 is 0 Å². The van der Waals surface area contributed by atoms with E-state index in [2.05, 4.69) is 22.4 Å². The van der Waals surface area contributed by atoms with Gasteiger partial charge in [0.2, 0.25) is 11.8 Å². The summed E-state index contributed by atoms with van der Waals surface area (Å²) in [6.07, 6.45) is 1.87. The van der Waals surface area contributed by atoms with Crippen molar-refractivity contribution in [3.63, 3.8) is 0 Å². The summed E-state index contributed by atoms with van der Waals surface area (Å²) in [4.78, 5) is 0. The Morgan fingerprint density at radius 1 is 1.41 bits per heavy atom. The summed E-state index contributed by atoms with van der Waals surface area (Å²) >= 11 is 0. The zero-order valence-corrected chi connectivity index (χ0v) is 11.4. The Kier molecular flexibility index (Phi) is 5.08. The number of nitrogens with one attached hydrogen (secondary N) is 1. The Morgan fingerprint density at radius 3 is 2.65 bits per heavy atom. The lowest BCUT2D eigenvalue weighted by atomic mass is 10.0. The lowest BCUT2D eigenvalue weighted by Gasteiger charge is -2.21. The molecule has 0 aromatic carbocycles. The number of aromatic nitrogens is 2. The van der Waals surface area contributed by atoms with Crippen molar-refractivity contribution in [1.82, 2.24) is 15.5 Å². The second kappa shape index (κ2) is 6.12. The van der Waals surface area contributed by atoms with Gasteiger partial charge in [-0.2, -0.15) is 0 Å². The van der Waals surface area contributed by atoms with E-state index in [0.717, 1.165) is 19.4 Å². The van der Waals surface area contributed by atoms with Crippen LogP contribution in [0.3, 0.4) is 0 Å². The number of rotatable bonds is 7. The molecule has 98 valence electrons. The second-order valence-electron chi connectivity index (χ2n) is 4.41. The van der Waals surface area contributed by atoms with Gasteiger partial charge in [0.1, 0.15) is 5.60 Å². The van der Waals surface area contributed by atoms with Crippen molar-refractivity contribution < 1.29 is 9.15 Å². The van der Waals surface area contributed by atoms with Crippen LogP contribution in [0.4, 0.5) is 0 Å². The molecule has 0 aliphatic carbocycles. The minimum Gasteiger partial charge on any atom is -0.420 e. The van der Waals surface area contributed by atoms with Crippen molar-refractivity contribution in [2.45, 2.75) is 52.2 Å². The number of hydrogen-bond acceptors (Lipinski definition) is 5. The van der Waals surface area contributed by atoms with E-state index in [0.29, 0.717) is 11.8 Å². The molecule has 0 radical (unpaired) electrons. The summed E-state index contributed by atoms with van der Waals surface area (Å²) in [7, 11) is 1.66. The lowest BCUT2D eigenvalue weighted by Crippen LogP contribution is -2.23. The molecule has 2 atom stereocenters. The molecule has 2 unspecified atom stereocenters. The van der Waals surface area contributed by atoms with Crippen molar-refractivity contribution in [3.05, 3.63) is 11.8 Å². The molecule has 0 bridgehead atoms. The number of hydrogen-bond donors (Lipinski definition) is 1. The summed E-state index contributed by atoms with van der Waals surface area (Å²) in [5.74, 6) is 1.16. The van der Waals surface area contributed by atoms with Gasteiger partial charge in [-0.1, -0.05) is 13.8 Å². The second-order valence-corrected chi connectivity index (χ2v) is 4.41. The van der Waals surface area contributed by atoms with Gasteiger partial charge in [0.25, 0.3) is 0 Å². The Bertz CT molecular complexity index is 334. The fourth-order valence-electron chi connectivity index (χ4n) is 1.45. The number of methoxy groups -OCH3 is 1. The molecule has 1 rings (SSSR count). The van der Waals surface area contributed by atoms with Gasteiger partial charge in [-0.25, -0.2) is 0 Å². The summed E-state index contributed by atoms with van der Waals surface area (Å²) in [6.45, 7) is 9.07. The molecule has 0 spiro atoms. The van der Waals surface area contributed by atoms with E-state index in [9.17, 15) is 0 Å². The number of ether oxygens (including phenoxy) is 1. The molecule has 0 fully saturated rings. The van der Waals surface area contributed by atoms with Crippen LogP contribution in [0.25, 0.3) is 0 Å². The summed E-state index contributed by atoms with van der Waals surface area (Å²) in [6, 6.07) is 0.0779. The normalized spacial score (nSPS) is 16.8. The monoisotopic (exact) mass is 241 g/mol. The van der Waals surface area contributed by atoms with Gasteiger partial charge >= 0.3 is 0 Å². The van der Waals surface area contributed by atoms with E-state index >= 15 is 0 Å². The van der Waals surface area contributed by atoms with Crippen LogP contribution in [-0.2, 0) is 10.3 Å². The first-order chi connectivity index (χ1) is 8.07. The minimum absolute atomic E-state index is 0.0779. The van der Waals surface area contributed by atoms with E-state index < -0.39 is 5.60 Å². The topological polar surface area (TPSA) is 60.2 Å². The van der Waals surface area contributed by atoms with Crippen LogP contribution in [0, 0.1) is 0 Å². The molecule has 1 aromatic heterocycles. The highest BCUT2D eigenvalue weighted by Crippen LogP contribution is 2.27. The predicted molar refractivity (Wildman–Crippen MR) is 65.7 cm³/mol. The highest BCUT2D eigenvalue weighted by Gasteiger charge is 2.31. The Labute approximate surface area is 103 Å². The van der Waals surface area contributed by atoms with Crippen LogP contribution in [0.5, 0.6) is 0 Å². The van der Waals surface area contributed by atoms with Gasteiger partial charge in [0, 0.05) is 7.11 Å². The van der Waals surface area contributed by atoms with Crippen molar-refractivity contribution in [3.8, 4) is 0 Å². The molecule has 5 heteroatoms. The van der Waals surface area contributed by atoms with Gasteiger partial charge in [-0.3, -0.25) is 0 Å². The van der Waals surface area contributed by atoms with Crippen LogP contribution < -0.4 is 5.32 Å². The van der Waals surface area contributed by atoms with Crippen LogP contribution in [0.1, 0.15) is 58.4 Å². The third-order valence-corrected chi connectivity index (χ3v) is 3.09. The van der Waals surface area contributed by atoms with Crippen molar-refractivity contribution in [2.24, 2.45) is 0 Å². The predicted octanol–water partition coefficient (Wildman–Crippen LogP) is 2.40. The van der Waals surface area contributed by atoms with Gasteiger partial charge in [0.05, 0.1) is 6.04 Å². The molecule has 1 heterocycles. The SMILES string of the molecule is CCCNC(C)c1nnc(C(C)(CC)OC)o1. The molecule has 1 N–H and O–H groups in total. The first-order valence-corrected chi connectivity index (χ1v) is 6.19. The maximum Gasteiger partial charge on any atom is 0.248 e. The fourth-order valence-corrected chi connectivity index (χ4v) is 1.45. The van der Waals surface area contributed by atoms with Crippen LogP contribution in [0.2, 0.25) is 0 Å². The molecule has 0 aliphatic rings. The van der Waals surface area contributed by atoms with E-state index in [4.69, 9.17) is 9.15 Å². The Balaban J connectivity index is 2.77. The van der Waals surface area contributed by atoms with Gasteiger partial charge < -0.3 is 14.5 Å². The largest absolute Gasteiger partial charge is 0.420 e. The zero-order valence-electron chi connectivity index (χ0n) is 11.4. The van der Waals surface area contributed by atoms with Crippen LogP contribution in [0.15, 0.2) is 4.42 Å². The smallest absolute Gasteiger partial charge is 0.248 e. The molecule has 0 saturated heterocycles. The molecule has 1 aromatic rings. The minimum atomic E-state index is -0.490. The summed E-state index contributed by atoms with van der Waals surface area (Å²) in [5.41, 5.74) is -0.490. The molecular formula is C12H23N3O2. The highest BCUT2D eigenvalue weighted by atomic mass is 16.5. The molecule has 17 heavy (non-hydrogen) atoms. The Hall–Kier alpha value is -0.940. The fraction of sp³-hybridized carbons (Fsp3) is 0.833.